The zero-order valence-electron chi connectivity index (χ0n) is 9.76. The third kappa shape index (κ3) is 3.18. The molecular formula is C11H21F3. The van der Waals surface area contributed by atoms with Crippen molar-refractivity contribution in [3.63, 3.8) is 0 Å². The molecule has 0 spiro atoms. The van der Waals surface area contributed by atoms with Gasteiger partial charge in [-0.2, -0.15) is 13.2 Å². The highest BCUT2D eigenvalue weighted by Gasteiger charge is 2.49. The van der Waals surface area contributed by atoms with Crippen LogP contribution in [0, 0.1) is 10.8 Å². The molecule has 86 valence electrons. The van der Waals surface area contributed by atoms with Gasteiger partial charge in [-0.25, -0.2) is 0 Å². The van der Waals surface area contributed by atoms with Gasteiger partial charge >= 0.3 is 6.18 Å². The minimum atomic E-state index is -4.10. The highest BCUT2D eigenvalue weighted by Crippen LogP contribution is 2.47. The van der Waals surface area contributed by atoms with Crippen molar-refractivity contribution in [2.75, 3.05) is 0 Å². The molecule has 0 rings (SSSR count). The van der Waals surface area contributed by atoms with Crippen LogP contribution < -0.4 is 0 Å². The molecule has 0 bridgehead atoms. The van der Waals surface area contributed by atoms with E-state index in [0.717, 1.165) is 12.8 Å². The highest BCUT2D eigenvalue weighted by atomic mass is 19.4. The molecule has 0 aromatic carbocycles. The van der Waals surface area contributed by atoms with E-state index in [2.05, 4.69) is 0 Å². The lowest BCUT2D eigenvalue weighted by Gasteiger charge is -2.37. The lowest BCUT2D eigenvalue weighted by atomic mass is 9.71. The first kappa shape index (κ1) is 13.8. The molecule has 0 amide bonds. The van der Waals surface area contributed by atoms with Crippen LogP contribution in [0.1, 0.15) is 53.9 Å². The van der Waals surface area contributed by atoms with E-state index in [1.54, 1.807) is 0 Å². The molecule has 0 saturated heterocycles. The molecule has 0 aliphatic rings. The summed E-state index contributed by atoms with van der Waals surface area (Å²) in [5.41, 5.74) is -1.77. The van der Waals surface area contributed by atoms with Crippen molar-refractivity contribution in [3.8, 4) is 0 Å². The fourth-order valence-electron chi connectivity index (χ4n) is 1.67. The van der Waals surface area contributed by atoms with Gasteiger partial charge in [-0.1, -0.05) is 47.5 Å². The average molecular weight is 210 g/mol. The molecule has 0 fully saturated rings. The minimum Gasteiger partial charge on any atom is -0.171 e. The van der Waals surface area contributed by atoms with Crippen molar-refractivity contribution in [3.05, 3.63) is 0 Å². The van der Waals surface area contributed by atoms with Crippen molar-refractivity contribution >= 4 is 0 Å². The summed E-state index contributed by atoms with van der Waals surface area (Å²) in [5, 5.41) is 0. The van der Waals surface area contributed by atoms with Crippen molar-refractivity contribution in [1.29, 1.82) is 0 Å². The topological polar surface area (TPSA) is 0 Å². The Bertz CT molecular complexity index is 175. The first-order valence-corrected chi connectivity index (χ1v) is 5.15. The van der Waals surface area contributed by atoms with Crippen LogP contribution in [-0.4, -0.2) is 6.18 Å². The standard InChI is InChI=1S/C11H21F3/c1-6-10(5,7-2)8-9(3,4)11(12,13)14/h6-8H2,1-5H3. The zero-order valence-corrected chi connectivity index (χ0v) is 9.76. The van der Waals surface area contributed by atoms with E-state index >= 15 is 0 Å². The van der Waals surface area contributed by atoms with Gasteiger partial charge in [-0.3, -0.25) is 0 Å². The van der Waals surface area contributed by atoms with E-state index in [4.69, 9.17) is 0 Å². The molecule has 0 unspecified atom stereocenters. The Labute approximate surface area is 84.9 Å². The molecule has 0 aromatic rings. The van der Waals surface area contributed by atoms with Crippen LogP contribution >= 0.6 is 0 Å². The SMILES string of the molecule is CCC(C)(CC)CC(C)(C)C(F)(F)F. The Hall–Kier alpha value is -0.210. The summed E-state index contributed by atoms with van der Waals surface area (Å²) in [5.74, 6) is 0. The minimum absolute atomic E-state index is 0.195. The Morgan fingerprint density at radius 2 is 1.21 bits per heavy atom. The van der Waals surface area contributed by atoms with Gasteiger partial charge in [0.2, 0.25) is 0 Å². The molecule has 0 atom stereocenters. The molecule has 3 heteroatoms. The van der Waals surface area contributed by atoms with Gasteiger partial charge in [0.1, 0.15) is 0 Å². The number of hydrogen-bond acceptors (Lipinski definition) is 0. The number of alkyl halides is 3. The molecule has 14 heavy (non-hydrogen) atoms. The lowest BCUT2D eigenvalue weighted by molar-refractivity contribution is -0.221. The van der Waals surface area contributed by atoms with Crippen molar-refractivity contribution < 1.29 is 13.2 Å². The van der Waals surface area contributed by atoms with E-state index in [9.17, 15) is 13.2 Å². The van der Waals surface area contributed by atoms with Crippen LogP contribution in [0.15, 0.2) is 0 Å². The Morgan fingerprint density at radius 3 is 1.43 bits per heavy atom. The van der Waals surface area contributed by atoms with E-state index in [1.807, 2.05) is 20.8 Å². The van der Waals surface area contributed by atoms with Crippen LogP contribution in [0.5, 0.6) is 0 Å². The summed E-state index contributed by atoms with van der Waals surface area (Å²) in [6.45, 7) is 8.42. The molecule has 0 N–H and O–H groups in total. The smallest absolute Gasteiger partial charge is 0.171 e. The molecule has 0 radical (unpaired) electrons. The monoisotopic (exact) mass is 210 g/mol. The summed E-state index contributed by atoms with van der Waals surface area (Å²) >= 11 is 0. The van der Waals surface area contributed by atoms with Gasteiger partial charge in [0, 0.05) is 0 Å². The van der Waals surface area contributed by atoms with Gasteiger partial charge < -0.3 is 0 Å². The second kappa shape index (κ2) is 4.11. The summed E-state index contributed by atoms with van der Waals surface area (Å²) in [6.07, 6.45) is -2.30. The van der Waals surface area contributed by atoms with Crippen LogP contribution in [0.4, 0.5) is 13.2 Å². The third-order valence-electron chi connectivity index (χ3n) is 3.34. The zero-order chi connectivity index (χ0) is 11.6. The van der Waals surface area contributed by atoms with E-state index in [1.165, 1.54) is 13.8 Å². The lowest BCUT2D eigenvalue weighted by Crippen LogP contribution is -2.37. The molecule has 0 heterocycles. The Morgan fingerprint density at radius 1 is 0.857 bits per heavy atom. The van der Waals surface area contributed by atoms with E-state index < -0.39 is 11.6 Å². The normalized spacial score (nSPS) is 14.6. The predicted octanol–water partition coefficient (Wildman–Crippen LogP) is 4.79. The molecule has 0 saturated carbocycles. The summed E-state index contributed by atoms with van der Waals surface area (Å²) in [6, 6.07) is 0. The van der Waals surface area contributed by atoms with E-state index in [0.29, 0.717) is 0 Å². The maximum atomic E-state index is 12.6. The summed E-state index contributed by atoms with van der Waals surface area (Å²) in [4.78, 5) is 0. The fraction of sp³-hybridized carbons (Fsp3) is 1.00. The fourth-order valence-corrected chi connectivity index (χ4v) is 1.67. The number of halogens is 3. The molecule has 0 aliphatic carbocycles. The maximum absolute atomic E-state index is 12.6. The van der Waals surface area contributed by atoms with E-state index in [-0.39, 0.29) is 11.8 Å². The summed E-state index contributed by atoms with van der Waals surface area (Å²) in [7, 11) is 0. The summed E-state index contributed by atoms with van der Waals surface area (Å²) < 4.78 is 37.9. The predicted molar refractivity (Wildman–Crippen MR) is 53.1 cm³/mol. The van der Waals surface area contributed by atoms with Crippen LogP contribution in [0.2, 0.25) is 0 Å². The molecular weight excluding hydrogens is 189 g/mol. The van der Waals surface area contributed by atoms with Crippen LogP contribution in [-0.2, 0) is 0 Å². The maximum Gasteiger partial charge on any atom is 0.393 e. The van der Waals surface area contributed by atoms with Gasteiger partial charge in [-0.15, -0.1) is 0 Å². The second-order valence-electron chi connectivity index (χ2n) is 5.08. The van der Waals surface area contributed by atoms with Gasteiger partial charge in [-0.05, 0) is 11.8 Å². The van der Waals surface area contributed by atoms with Crippen molar-refractivity contribution in [2.45, 2.75) is 60.1 Å². The van der Waals surface area contributed by atoms with Gasteiger partial charge in [0.05, 0.1) is 5.41 Å². The molecule has 0 aromatic heterocycles. The van der Waals surface area contributed by atoms with Gasteiger partial charge in [0.25, 0.3) is 0 Å². The van der Waals surface area contributed by atoms with Crippen LogP contribution in [0.25, 0.3) is 0 Å². The second-order valence-corrected chi connectivity index (χ2v) is 5.08. The first-order chi connectivity index (χ1) is 6.08. The first-order valence-electron chi connectivity index (χ1n) is 5.15. The van der Waals surface area contributed by atoms with Gasteiger partial charge in [0.15, 0.2) is 0 Å². The Kier molecular flexibility index (Phi) is 4.05. The number of hydrogen-bond donors (Lipinski definition) is 0. The third-order valence-corrected chi connectivity index (χ3v) is 3.34. The van der Waals surface area contributed by atoms with Crippen molar-refractivity contribution in [1.82, 2.24) is 0 Å². The Balaban J connectivity index is 4.65. The van der Waals surface area contributed by atoms with Crippen LogP contribution in [0.3, 0.4) is 0 Å². The quantitative estimate of drug-likeness (QED) is 0.625. The molecule has 0 aliphatic heterocycles. The average Bonchev–Trinajstić information content (AvgIpc) is 2.01. The highest BCUT2D eigenvalue weighted by molar-refractivity contribution is 4.85. The molecule has 0 nitrogen and oxygen atoms in total. The van der Waals surface area contributed by atoms with Crippen molar-refractivity contribution in [2.24, 2.45) is 10.8 Å². The largest absolute Gasteiger partial charge is 0.393 e. The number of rotatable bonds is 4.